The van der Waals surface area contributed by atoms with Crippen molar-refractivity contribution >= 4 is 23.7 Å². The third-order valence-corrected chi connectivity index (χ3v) is 3.56. The minimum absolute atomic E-state index is 0.175. The van der Waals surface area contributed by atoms with Gasteiger partial charge in [0.05, 0.1) is 11.0 Å². The zero-order valence-corrected chi connectivity index (χ0v) is 14.3. The monoisotopic (exact) mass is 380 g/mol. The van der Waals surface area contributed by atoms with Crippen LogP contribution in [0.4, 0.5) is 10.5 Å². The zero-order valence-electron chi connectivity index (χ0n) is 14.3. The summed E-state index contributed by atoms with van der Waals surface area (Å²) in [5.41, 5.74) is -0.593. The van der Waals surface area contributed by atoms with E-state index in [4.69, 9.17) is 14.6 Å². The van der Waals surface area contributed by atoms with Crippen molar-refractivity contribution in [2.45, 2.75) is 32.1 Å². The zero-order chi connectivity index (χ0) is 20.4. The molecule has 1 amide bonds. The molecule has 0 bridgehead atoms. The topological polar surface area (TPSA) is 165 Å². The molecule has 1 atom stereocenters. The van der Waals surface area contributed by atoms with Gasteiger partial charge in [-0.2, -0.15) is 0 Å². The number of esters is 2. The van der Waals surface area contributed by atoms with Crippen molar-refractivity contribution in [3.8, 4) is 0 Å². The van der Waals surface area contributed by atoms with Crippen molar-refractivity contribution in [1.82, 2.24) is 5.32 Å². The lowest BCUT2D eigenvalue weighted by atomic mass is 10.0. The molecule has 0 saturated carbocycles. The summed E-state index contributed by atoms with van der Waals surface area (Å²) in [7, 11) is 0. The van der Waals surface area contributed by atoms with Crippen LogP contribution in [-0.2, 0) is 25.5 Å². The molecule has 2 rings (SSSR count). The van der Waals surface area contributed by atoms with E-state index in [0.717, 1.165) is 0 Å². The second-order valence-electron chi connectivity index (χ2n) is 6.07. The van der Waals surface area contributed by atoms with Crippen LogP contribution in [0.25, 0.3) is 0 Å². The van der Waals surface area contributed by atoms with Gasteiger partial charge in [0.2, 0.25) is 0 Å². The average molecular weight is 380 g/mol. The van der Waals surface area contributed by atoms with Gasteiger partial charge in [0, 0.05) is 32.4 Å². The minimum Gasteiger partial charge on any atom is -0.509 e. The van der Waals surface area contributed by atoms with E-state index >= 15 is 0 Å². The fourth-order valence-electron chi connectivity index (χ4n) is 2.39. The van der Waals surface area contributed by atoms with Crippen LogP contribution in [0.15, 0.2) is 35.6 Å². The van der Waals surface area contributed by atoms with Gasteiger partial charge < -0.3 is 25.0 Å². The van der Waals surface area contributed by atoms with E-state index in [0.29, 0.717) is 5.56 Å². The Labute approximate surface area is 152 Å². The first kappa shape index (κ1) is 19.7. The third-order valence-electron chi connectivity index (χ3n) is 3.56. The highest BCUT2D eigenvalue weighted by Gasteiger charge is 2.42. The normalized spacial score (nSPS) is 16.7. The van der Waals surface area contributed by atoms with Crippen LogP contribution in [0.5, 0.6) is 0 Å². The number of nitrogens with zero attached hydrogens (tertiary/aromatic N) is 1. The number of carbonyl (C=O) groups is 3. The molecule has 3 N–H and O–H groups in total. The lowest BCUT2D eigenvalue weighted by Gasteiger charge is -2.31. The van der Waals surface area contributed by atoms with Crippen molar-refractivity contribution in [2.75, 3.05) is 0 Å². The Morgan fingerprint density at radius 3 is 2.15 bits per heavy atom. The number of cyclic esters (lactones) is 2. The second kappa shape index (κ2) is 7.32. The summed E-state index contributed by atoms with van der Waals surface area (Å²) in [5.74, 6) is -4.71. The minimum atomic E-state index is -1.52. The summed E-state index contributed by atoms with van der Waals surface area (Å²) in [6.45, 7) is 2.64. The molecule has 1 aliphatic heterocycles. The van der Waals surface area contributed by atoms with Gasteiger partial charge in [-0.05, 0) is 5.56 Å². The van der Waals surface area contributed by atoms with Crippen LogP contribution in [0.3, 0.4) is 0 Å². The molecule has 1 saturated heterocycles. The van der Waals surface area contributed by atoms with Crippen LogP contribution in [0.2, 0.25) is 0 Å². The Balaban J connectivity index is 2.34. The van der Waals surface area contributed by atoms with Gasteiger partial charge in [-0.25, -0.2) is 14.4 Å². The molecule has 1 aliphatic rings. The number of hydrogen-bond acceptors (Lipinski definition) is 8. The maximum Gasteiger partial charge on any atom is 0.405 e. The van der Waals surface area contributed by atoms with Crippen LogP contribution < -0.4 is 5.32 Å². The van der Waals surface area contributed by atoms with Crippen molar-refractivity contribution < 1.29 is 39.0 Å². The van der Waals surface area contributed by atoms with E-state index in [1.54, 1.807) is 0 Å². The highest BCUT2D eigenvalue weighted by Crippen LogP contribution is 2.26. The lowest BCUT2D eigenvalue weighted by molar-refractivity contribution is -0.384. The molecule has 1 aromatic rings. The molecular formula is C16H16N2O9. The van der Waals surface area contributed by atoms with Crippen LogP contribution in [0, 0.1) is 10.1 Å². The van der Waals surface area contributed by atoms with Gasteiger partial charge in [0.15, 0.2) is 5.57 Å². The van der Waals surface area contributed by atoms with Crippen molar-refractivity contribution in [2.24, 2.45) is 0 Å². The van der Waals surface area contributed by atoms with Crippen molar-refractivity contribution in [3.63, 3.8) is 0 Å². The number of hydrogen-bond donors (Lipinski definition) is 3. The molecule has 27 heavy (non-hydrogen) atoms. The summed E-state index contributed by atoms with van der Waals surface area (Å²) in [4.78, 5) is 45.2. The van der Waals surface area contributed by atoms with Crippen LogP contribution in [-0.4, -0.2) is 45.0 Å². The summed E-state index contributed by atoms with van der Waals surface area (Å²) in [6.07, 6.45) is -1.71. The maximum atomic E-state index is 12.0. The summed E-state index contributed by atoms with van der Waals surface area (Å²) < 4.78 is 9.75. The largest absolute Gasteiger partial charge is 0.509 e. The number of rotatable bonds is 5. The number of non-ortho nitro benzene ring substituents is 1. The average Bonchev–Trinajstić information content (AvgIpc) is 2.52. The van der Waals surface area contributed by atoms with E-state index in [9.17, 15) is 29.6 Å². The lowest BCUT2D eigenvalue weighted by Crippen LogP contribution is -2.45. The molecule has 11 nitrogen and oxygen atoms in total. The SMILES string of the molecule is CC1(C)OC(=O)C(=C(O)C(Cc2ccc([N+](=O)[O-])cc2)NC(=O)O)C(=O)O1. The standard InChI is InChI=1S/C16H16N2O9/c1-16(2)26-13(20)11(14(21)27-16)12(19)10(17-15(22)23)7-8-3-5-9(6-4-8)18(24)25/h3-6,10,17,19H,7H2,1-2H3,(H,22,23). The number of aliphatic hydroxyl groups excluding tert-OH is 1. The highest BCUT2D eigenvalue weighted by molar-refractivity contribution is 6.15. The van der Waals surface area contributed by atoms with E-state index < -0.39 is 46.1 Å². The number of nitro benzene ring substituents is 1. The third kappa shape index (κ3) is 4.71. The van der Waals surface area contributed by atoms with E-state index in [1.165, 1.54) is 38.1 Å². The Bertz CT molecular complexity index is 805. The number of benzene rings is 1. The Hall–Kier alpha value is -3.63. The van der Waals surface area contributed by atoms with Gasteiger partial charge in [0.25, 0.3) is 11.5 Å². The predicted octanol–water partition coefficient (Wildman–Crippen LogP) is 1.42. The first-order chi connectivity index (χ1) is 12.5. The number of ether oxygens (including phenoxy) is 2. The Kier molecular flexibility index (Phi) is 5.34. The van der Waals surface area contributed by atoms with Gasteiger partial charge >= 0.3 is 18.0 Å². The predicted molar refractivity (Wildman–Crippen MR) is 87.7 cm³/mol. The van der Waals surface area contributed by atoms with Crippen molar-refractivity contribution in [3.05, 3.63) is 51.3 Å². The first-order valence-electron chi connectivity index (χ1n) is 7.63. The smallest absolute Gasteiger partial charge is 0.405 e. The summed E-state index contributed by atoms with van der Waals surface area (Å²) in [5, 5.41) is 32.0. The molecule has 1 unspecified atom stereocenters. The molecule has 11 heteroatoms. The van der Waals surface area contributed by atoms with E-state index in [1.807, 2.05) is 5.32 Å². The van der Waals surface area contributed by atoms with Crippen LogP contribution in [0.1, 0.15) is 19.4 Å². The molecule has 0 aromatic heterocycles. The number of nitro groups is 1. The molecule has 1 fully saturated rings. The first-order valence-corrected chi connectivity index (χ1v) is 7.63. The molecule has 0 aliphatic carbocycles. The molecule has 0 spiro atoms. The van der Waals surface area contributed by atoms with Gasteiger partial charge in [-0.3, -0.25) is 10.1 Å². The number of nitrogens with one attached hydrogen (secondary N) is 1. The van der Waals surface area contributed by atoms with Crippen molar-refractivity contribution in [1.29, 1.82) is 0 Å². The maximum absolute atomic E-state index is 12.0. The molecule has 144 valence electrons. The van der Waals surface area contributed by atoms with Gasteiger partial charge in [-0.15, -0.1) is 0 Å². The van der Waals surface area contributed by atoms with E-state index in [-0.39, 0.29) is 12.1 Å². The number of aliphatic hydroxyl groups is 1. The number of carboxylic acid groups (broad SMARTS) is 1. The Morgan fingerprint density at radius 2 is 1.70 bits per heavy atom. The quantitative estimate of drug-likeness (QED) is 0.171. The second-order valence-corrected chi connectivity index (χ2v) is 6.07. The van der Waals surface area contributed by atoms with Gasteiger partial charge in [-0.1, -0.05) is 12.1 Å². The summed E-state index contributed by atoms with van der Waals surface area (Å²) in [6, 6.07) is 3.72. The molecule has 0 radical (unpaired) electrons. The van der Waals surface area contributed by atoms with Crippen LogP contribution >= 0.6 is 0 Å². The number of carbonyl (C=O) groups excluding carboxylic acids is 2. The highest BCUT2D eigenvalue weighted by atomic mass is 16.7. The fourth-order valence-corrected chi connectivity index (χ4v) is 2.39. The fraction of sp³-hybridized carbons (Fsp3) is 0.312. The van der Waals surface area contributed by atoms with E-state index in [2.05, 4.69) is 0 Å². The molecular weight excluding hydrogens is 364 g/mol. The Morgan fingerprint density at radius 1 is 1.19 bits per heavy atom. The van der Waals surface area contributed by atoms with Gasteiger partial charge in [0.1, 0.15) is 5.76 Å². The molecule has 1 aromatic carbocycles. The summed E-state index contributed by atoms with van der Waals surface area (Å²) >= 11 is 0. The molecule has 1 heterocycles. The number of amides is 1.